The van der Waals surface area contributed by atoms with Crippen molar-refractivity contribution in [3.8, 4) is 22.9 Å². The Hall–Kier alpha value is -6.41. The van der Waals surface area contributed by atoms with Crippen LogP contribution in [0.4, 0.5) is 34.1 Å². The van der Waals surface area contributed by atoms with Gasteiger partial charge in [-0.1, -0.05) is 178 Å². The molecule has 0 saturated carbocycles. The van der Waals surface area contributed by atoms with E-state index in [1.807, 2.05) is 51.1 Å². The van der Waals surface area contributed by atoms with Gasteiger partial charge in [0.25, 0.3) is 0 Å². The van der Waals surface area contributed by atoms with Crippen LogP contribution in [0.5, 0.6) is 17.2 Å². The van der Waals surface area contributed by atoms with E-state index in [1.54, 1.807) is 54.6 Å². The minimum absolute atomic E-state index is 0.000463. The molecule has 408 valence electrons. The third-order valence-electron chi connectivity index (χ3n) is 12.3. The van der Waals surface area contributed by atoms with Gasteiger partial charge in [0.1, 0.15) is 51.0 Å². The van der Waals surface area contributed by atoms with Crippen LogP contribution in [0.1, 0.15) is 158 Å². The summed E-state index contributed by atoms with van der Waals surface area (Å²) in [5.74, 6) is 0.365. The first-order valence-corrected chi connectivity index (χ1v) is 26.0. The molecule has 1 heterocycles. The number of nitrogens with zero attached hydrogens (tertiary/aromatic N) is 6. The highest BCUT2D eigenvalue weighted by atomic mass is 35.5. The number of benzene rings is 6. The number of fused-ring (bicyclic) bond motifs is 1. The molecule has 0 aliphatic rings. The topological polar surface area (TPSA) is 224 Å². The second-order valence-electron chi connectivity index (χ2n) is 25.1. The van der Waals surface area contributed by atoms with E-state index < -0.39 is 0 Å². The number of nitrogens with two attached hydrogens (primary N) is 3. The Kier molecular flexibility index (Phi) is 19.2. The van der Waals surface area contributed by atoms with E-state index in [9.17, 15) is 20.2 Å². The van der Waals surface area contributed by atoms with Gasteiger partial charge in [-0.2, -0.15) is 0 Å². The van der Waals surface area contributed by atoms with Crippen LogP contribution >= 0.6 is 34.8 Å². The maximum absolute atomic E-state index is 10.9. The second-order valence-corrected chi connectivity index (χ2v) is 26.4. The number of phenols is 3. The first-order chi connectivity index (χ1) is 34.6. The summed E-state index contributed by atoms with van der Waals surface area (Å²) in [5, 5.41) is 53.8. The zero-order valence-electron chi connectivity index (χ0n) is 47.5. The zero-order chi connectivity index (χ0) is 57.8. The predicted octanol–water partition coefficient (Wildman–Crippen LogP) is 17.9. The van der Waals surface area contributed by atoms with E-state index in [1.165, 1.54) is 4.80 Å². The molecule has 6 aromatic carbocycles. The van der Waals surface area contributed by atoms with Crippen molar-refractivity contribution in [3.05, 3.63) is 144 Å². The normalized spacial score (nSPS) is 12.3. The van der Waals surface area contributed by atoms with E-state index in [0.29, 0.717) is 54.7 Å². The molecule has 76 heavy (non-hydrogen) atoms. The number of hydrogen-bond donors (Lipinski definition) is 6. The minimum atomic E-state index is -0.217. The highest BCUT2D eigenvalue weighted by Crippen LogP contribution is 2.44. The summed E-state index contributed by atoms with van der Waals surface area (Å²) >= 11 is 17.5. The fraction of sp³-hybridized carbons (Fsp3) is 0.400. The minimum Gasteiger partial charge on any atom is -0.505 e. The average molecular weight is 1100 g/mol. The fourth-order valence-electron chi connectivity index (χ4n) is 7.44. The number of azo groups is 1. The first-order valence-electron chi connectivity index (χ1n) is 24.9. The summed E-state index contributed by atoms with van der Waals surface area (Å²) in [5.41, 5.74) is 26.3. The molecule has 0 spiro atoms. The molecule has 9 N–H and O–H groups in total. The summed E-state index contributed by atoms with van der Waals surface area (Å²) in [6.45, 7) is 37.5. The first kappa shape index (κ1) is 62.1. The highest BCUT2D eigenvalue weighted by Gasteiger charge is 2.29. The number of hydrogen-bond acceptors (Lipinski definition) is 12. The second kappa shape index (κ2) is 23.5. The van der Waals surface area contributed by atoms with Crippen molar-refractivity contribution in [2.24, 2.45) is 15.4 Å². The standard InChI is InChI=1S/C20H24ClN3O.C20H26ClN3O.C14H21NO2.C6H7ClN2/c1-19(2,3)12-9-14(20(4,5)6)18(25)17(10-12)24-22-15-8-7-13(21)11-16(15)23-24;1-19(2,3)12-9-14(20(4,5)6)18(25)17(10-12)24-23-16-8-7-13(21)11-15(16)22;1-13(2,3)9-7-10(14(4,5)6)12(16)11(8-9)15-17;7-4-1-2-5(8)6(9)3-4/h7-11,25H,1-6H3;7-11,25H,22H2,1-6H3;7-8,16H,1-6H3;1-3H,8-9H2. The molecule has 1 aromatic heterocycles. The number of phenolic OH excluding ortho intramolecular Hbond substituents is 3. The summed E-state index contributed by atoms with van der Waals surface area (Å²) in [4.78, 5) is 12.3. The fourth-order valence-corrected chi connectivity index (χ4v) is 7.96. The molecule has 13 nitrogen and oxygen atoms in total. The average Bonchev–Trinajstić information content (AvgIpc) is 3.69. The van der Waals surface area contributed by atoms with Crippen molar-refractivity contribution < 1.29 is 15.3 Å². The molecule has 0 atom stereocenters. The van der Waals surface area contributed by atoms with E-state index in [-0.39, 0.29) is 55.4 Å². The molecule has 0 aliphatic carbocycles. The lowest BCUT2D eigenvalue weighted by atomic mass is 9.80. The molecule has 0 radical (unpaired) electrons. The predicted molar refractivity (Wildman–Crippen MR) is 320 cm³/mol. The van der Waals surface area contributed by atoms with Crippen LogP contribution in [0.2, 0.25) is 15.1 Å². The van der Waals surface area contributed by atoms with Crippen LogP contribution in [-0.4, -0.2) is 30.3 Å². The van der Waals surface area contributed by atoms with Gasteiger partial charge in [0.05, 0.1) is 17.1 Å². The molecule has 0 bridgehead atoms. The van der Waals surface area contributed by atoms with Crippen LogP contribution in [0.3, 0.4) is 0 Å². The molecular weight excluding hydrogens is 1020 g/mol. The molecule has 16 heteroatoms. The van der Waals surface area contributed by atoms with Crippen LogP contribution in [0.25, 0.3) is 16.7 Å². The molecule has 0 amide bonds. The van der Waals surface area contributed by atoms with E-state index in [0.717, 1.165) is 38.9 Å². The number of nitroso groups, excluding NO2 is 1. The molecule has 7 rings (SSSR count). The van der Waals surface area contributed by atoms with Crippen LogP contribution in [-0.2, 0) is 32.5 Å². The van der Waals surface area contributed by atoms with Gasteiger partial charge < -0.3 is 32.5 Å². The van der Waals surface area contributed by atoms with Crippen molar-refractivity contribution in [2.45, 2.75) is 157 Å². The van der Waals surface area contributed by atoms with Crippen molar-refractivity contribution in [2.75, 3.05) is 17.2 Å². The quantitative estimate of drug-likeness (QED) is 0.0559. The number of rotatable bonds is 4. The third-order valence-corrected chi connectivity index (χ3v) is 13.0. The van der Waals surface area contributed by atoms with E-state index in [4.69, 9.17) is 52.0 Å². The Morgan fingerprint density at radius 3 is 1.22 bits per heavy atom. The van der Waals surface area contributed by atoms with Gasteiger partial charge in [-0.15, -0.1) is 30.1 Å². The summed E-state index contributed by atoms with van der Waals surface area (Å²) in [7, 11) is 0. The smallest absolute Gasteiger partial charge is 0.150 e. The van der Waals surface area contributed by atoms with Crippen molar-refractivity contribution >= 4 is 80.0 Å². The Balaban J connectivity index is 0.000000231. The lowest BCUT2D eigenvalue weighted by molar-refractivity contribution is 0.438. The summed E-state index contributed by atoms with van der Waals surface area (Å²) in [6.07, 6.45) is 0. The van der Waals surface area contributed by atoms with Gasteiger partial charge >= 0.3 is 0 Å². The molecular formula is C60H78Cl3N9O4. The van der Waals surface area contributed by atoms with Gasteiger partial charge in [0, 0.05) is 31.8 Å². The maximum atomic E-state index is 10.9. The lowest BCUT2D eigenvalue weighted by Crippen LogP contribution is -2.18. The van der Waals surface area contributed by atoms with Crippen molar-refractivity contribution in [1.29, 1.82) is 0 Å². The van der Waals surface area contributed by atoms with Gasteiger partial charge in [-0.25, -0.2) is 0 Å². The zero-order valence-corrected chi connectivity index (χ0v) is 49.7. The van der Waals surface area contributed by atoms with Crippen LogP contribution in [0.15, 0.2) is 106 Å². The lowest BCUT2D eigenvalue weighted by Gasteiger charge is -2.27. The number of anilines is 3. The third kappa shape index (κ3) is 16.3. The molecule has 0 unspecified atom stereocenters. The Morgan fingerprint density at radius 1 is 0.408 bits per heavy atom. The molecule has 0 aliphatic heterocycles. The molecule has 0 saturated heterocycles. The van der Waals surface area contributed by atoms with Crippen LogP contribution < -0.4 is 17.2 Å². The Labute approximate surface area is 464 Å². The van der Waals surface area contributed by atoms with Gasteiger partial charge in [-0.3, -0.25) is 0 Å². The van der Waals surface area contributed by atoms with E-state index in [2.05, 4.69) is 136 Å². The number of halogens is 3. The van der Waals surface area contributed by atoms with Crippen molar-refractivity contribution in [1.82, 2.24) is 15.0 Å². The summed E-state index contributed by atoms with van der Waals surface area (Å²) in [6, 6.07) is 27.0. The maximum Gasteiger partial charge on any atom is 0.150 e. The van der Waals surface area contributed by atoms with Gasteiger partial charge in [0.15, 0.2) is 0 Å². The van der Waals surface area contributed by atoms with Gasteiger partial charge in [0.2, 0.25) is 0 Å². The number of aromatic nitrogens is 3. The SMILES string of the molecule is CC(C)(C)c1cc(-n2nc3ccc(Cl)cc3n2)c(O)c(C(C)(C)C)c1.CC(C)(C)c1cc(N=Nc2ccc(Cl)cc2N)c(O)c(C(C)(C)C)c1.CC(C)(C)c1cc(N=O)c(O)c(C(C)(C)C)c1.Nc1ccc(Cl)cc1N. The summed E-state index contributed by atoms with van der Waals surface area (Å²) < 4.78 is 0. The number of aromatic hydroxyl groups is 3. The van der Waals surface area contributed by atoms with E-state index >= 15 is 0 Å². The highest BCUT2D eigenvalue weighted by molar-refractivity contribution is 6.31. The van der Waals surface area contributed by atoms with Crippen LogP contribution in [0, 0.1) is 4.91 Å². The largest absolute Gasteiger partial charge is 0.505 e. The monoisotopic (exact) mass is 1090 g/mol. The molecule has 0 fully saturated rings. The Morgan fingerprint density at radius 2 is 0.789 bits per heavy atom. The Bertz CT molecular complexity index is 3230. The van der Waals surface area contributed by atoms with Crippen molar-refractivity contribution in [3.63, 3.8) is 0 Å². The molecule has 7 aromatic rings. The number of nitrogen functional groups attached to an aromatic ring is 3. The van der Waals surface area contributed by atoms with Gasteiger partial charge in [-0.05, 0) is 127 Å².